The van der Waals surface area contributed by atoms with E-state index < -0.39 is 0 Å². The predicted octanol–water partition coefficient (Wildman–Crippen LogP) is 2.19. The van der Waals surface area contributed by atoms with Gasteiger partial charge in [0.05, 0.1) is 5.69 Å². The summed E-state index contributed by atoms with van der Waals surface area (Å²) in [5, 5.41) is 9.51. The Morgan fingerprint density at radius 1 is 1.56 bits per heavy atom. The molecular formula is C13H20N2O2S. The Kier molecular flexibility index (Phi) is 5.34. The van der Waals surface area contributed by atoms with E-state index in [9.17, 15) is 9.90 Å². The Labute approximate surface area is 112 Å². The minimum Gasteiger partial charge on any atom is -0.506 e. The Bertz CT molecular complexity index is 423. The van der Waals surface area contributed by atoms with E-state index in [0.717, 1.165) is 12.2 Å². The maximum absolute atomic E-state index is 12.2. The van der Waals surface area contributed by atoms with Gasteiger partial charge in [-0.05, 0) is 43.6 Å². The number of hydrogen-bond donors (Lipinski definition) is 2. The molecule has 1 aromatic carbocycles. The zero-order valence-electron chi connectivity index (χ0n) is 11.0. The summed E-state index contributed by atoms with van der Waals surface area (Å²) in [7, 11) is 1.78. The summed E-state index contributed by atoms with van der Waals surface area (Å²) in [6.45, 7) is 2.02. The van der Waals surface area contributed by atoms with E-state index in [-0.39, 0.29) is 23.4 Å². The number of anilines is 1. The molecule has 0 radical (unpaired) electrons. The molecule has 1 amide bonds. The van der Waals surface area contributed by atoms with Crippen LogP contribution in [0, 0.1) is 0 Å². The first-order valence-electron chi connectivity index (χ1n) is 5.82. The van der Waals surface area contributed by atoms with Crippen LogP contribution in [0.15, 0.2) is 18.2 Å². The van der Waals surface area contributed by atoms with Crippen molar-refractivity contribution >= 4 is 23.4 Å². The van der Waals surface area contributed by atoms with Crippen molar-refractivity contribution in [3.8, 4) is 5.75 Å². The number of nitrogens with zero attached hydrogens (tertiary/aromatic N) is 1. The molecule has 0 aromatic heterocycles. The molecule has 0 aliphatic carbocycles. The molecule has 3 N–H and O–H groups in total. The molecule has 1 aromatic rings. The van der Waals surface area contributed by atoms with Crippen LogP contribution in [0.4, 0.5) is 5.69 Å². The van der Waals surface area contributed by atoms with Crippen molar-refractivity contribution in [1.29, 1.82) is 0 Å². The zero-order valence-corrected chi connectivity index (χ0v) is 11.8. The van der Waals surface area contributed by atoms with Gasteiger partial charge in [-0.25, -0.2) is 0 Å². The van der Waals surface area contributed by atoms with Crippen LogP contribution in [0.2, 0.25) is 0 Å². The molecule has 4 nitrogen and oxygen atoms in total. The second-order valence-corrected chi connectivity index (χ2v) is 5.31. The van der Waals surface area contributed by atoms with Crippen molar-refractivity contribution in [2.24, 2.45) is 0 Å². The molecule has 0 fully saturated rings. The van der Waals surface area contributed by atoms with Crippen molar-refractivity contribution in [2.45, 2.75) is 19.4 Å². The molecule has 18 heavy (non-hydrogen) atoms. The summed E-state index contributed by atoms with van der Waals surface area (Å²) in [4.78, 5) is 13.9. The molecular weight excluding hydrogens is 248 g/mol. The van der Waals surface area contributed by atoms with Crippen LogP contribution in [0.1, 0.15) is 23.7 Å². The van der Waals surface area contributed by atoms with Gasteiger partial charge in [-0.2, -0.15) is 11.8 Å². The number of carbonyl (C=O) groups excluding carboxylic acids is 1. The summed E-state index contributed by atoms with van der Waals surface area (Å²) < 4.78 is 0. The second kappa shape index (κ2) is 6.54. The Morgan fingerprint density at radius 2 is 2.22 bits per heavy atom. The quantitative estimate of drug-likeness (QED) is 0.634. The second-order valence-electron chi connectivity index (χ2n) is 4.32. The number of phenolic OH excluding ortho intramolecular Hbond substituents is 1. The summed E-state index contributed by atoms with van der Waals surface area (Å²) in [6.07, 6.45) is 3.00. The van der Waals surface area contributed by atoms with Crippen LogP contribution >= 0.6 is 11.8 Å². The largest absolute Gasteiger partial charge is 0.506 e. The van der Waals surface area contributed by atoms with E-state index in [1.807, 2.05) is 13.2 Å². The maximum Gasteiger partial charge on any atom is 0.253 e. The molecule has 0 bridgehead atoms. The highest BCUT2D eigenvalue weighted by molar-refractivity contribution is 7.98. The molecule has 0 saturated heterocycles. The first-order chi connectivity index (χ1) is 8.47. The van der Waals surface area contributed by atoms with E-state index in [0.29, 0.717) is 5.56 Å². The fraction of sp³-hybridized carbons (Fsp3) is 0.462. The highest BCUT2D eigenvalue weighted by Gasteiger charge is 2.17. The van der Waals surface area contributed by atoms with Crippen molar-refractivity contribution in [3.05, 3.63) is 23.8 Å². The number of nitrogens with two attached hydrogens (primary N) is 1. The van der Waals surface area contributed by atoms with Crippen molar-refractivity contribution in [2.75, 3.05) is 24.8 Å². The molecule has 0 spiro atoms. The summed E-state index contributed by atoms with van der Waals surface area (Å²) >= 11 is 1.76. The van der Waals surface area contributed by atoms with Crippen LogP contribution in [-0.2, 0) is 0 Å². The molecule has 0 heterocycles. The predicted molar refractivity (Wildman–Crippen MR) is 77.1 cm³/mol. The third-order valence-corrected chi connectivity index (χ3v) is 3.64. The summed E-state index contributed by atoms with van der Waals surface area (Å²) in [6, 6.07) is 4.76. The monoisotopic (exact) mass is 268 g/mol. The van der Waals surface area contributed by atoms with Gasteiger partial charge in [-0.1, -0.05) is 0 Å². The smallest absolute Gasteiger partial charge is 0.253 e. The fourth-order valence-corrected chi connectivity index (χ4v) is 2.14. The first kappa shape index (κ1) is 14.7. The summed E-state index contributed by atoms with van der Waals surface area (Å²) in [5.74, 6) is 0.871. The van der Waals surface area contributed by atoms with Gasteiger partial charge < -0.3 is 15.7 Å². The molecule has 0 saturated carbocycles. The van der Waals surface area contributed by atoms with Gasteiger partial charge in [-0.15, -0.1) is 0 Å². The van der Waals surface area contributed by atoms with E-state index in [2.05, 4.69) is 0 Å². The minimum absolute atomic E-state index is 0.0500. The number of aromatic hydroxyl groups is 1. The van der Waals surface area contributed by atoms with Gasteiger partial charge in [0.1, 0.15) is 5.75 Å². The fourth-order valence-electron chi connectivity index (χ4n) is 1.56. The molecule has 0 aliphatic heterocycles. The lowest BCUT2D eigenvalue weighted by atomic mass is 10.1. The number of benzene rings is 1. The third-order valence-electron chi connectivity index (χ3n) is 3.00. The van der Waals surface area contributed by atoms with Gasteiger partial charge in [-0.3, -0.25) is 4.79 Å². The number of carbonyl (C=O) groups is 1. The third kappa shape index (κ3) is 3.57. The van der Waals surface area contributed by atoms with Crippen molar-refractivity contribution < 1.29 is 9.90 Å². The lowest BCUT2D eigenvalue weighted by Gasteiger charge is -2.25. The average molecular weight is 268 g/mol. The highest BCUT2D eigenvalue weighted by atomic mass is 32.2. The van der Waals surface area contributed by atoms with Gasteiger partial charge in [0, 0.05) is 18.7 Å². The van der Waals surface area contributed by atoms with Gasteiger partial charge >= 0.3 is 0 Å². The van der Waals surface area contributed by atoms with E-state index in [4.69, 9.17) is 5.73 Å². The SMILES string of the molecule is CSCCC(C)N(C)C(=O)c1ccc(N)c(O)c1. The van der Waals surface area contributed by atoms with Crippen molar-refractivity contribution in [3.63, 3.8) is 0 Å². The Hall–Kier alpha value is -1.36. The Morgan fingerprint density at radius 3 is 2.78 bits per heavy atom. The molecule has 1 atom stereocenters. The number of phenols is 1. The van der Waals surface area contributed by atoms with Crippen LogP contribution < -0.4 is 5.73 Å². The van der Waals surface area contributed by atoms with Crippen molar-refractivity contribution in [1.82, 2.24) is 4.90 Å². The van der Waals surface area contributed by atoms with Gasteiger partial charge in [0.25, 0.3) is 5.91 Å². The maximum atomic E-state index is 12.2. The number of amides is 1. The normalized spacial score (nSPS) is 12.2. The number of rotatable bonds is 5. The Balaban J connectivity index is 2.76. The number of hydrogen-bond acceptors (Lipinski definition) is 4. The molecule has 100 valence electrons. The molecule has 0 aliphatic rings. The standard InChI is InChI=1S/C13H20N2O2S/c1-9(6-7-18-3)15(2)13(17)10-4-5-11(14)12(16)8-10/h4-5,8-9,16H,6-7,14H2,1-3H3. The number of thioether (sulfide) groups is 1. The highest BCUT2D eigenvalue weighted by Crippen LogP contribution is 2.22. The minimum atomic E-state index is -0.0982. The van der Waals surface area contributed by atoms with Gasteiger partial charge in [0.15, 0.2) is 0 Å². The molecule has 1 rings (SSSR count). The molecule has 1 unspecified atom stereocenters. The van der Waals surface area contributed by atoms with Crippen LogP contribution in [0.25, 0.3) is 0 Å². The van der Waals surface area contributed by atoms with Crippen LogP contribution in [0.3, 0.4) is 0 Å². The summed E-state index contributed by atoms with van der Waals surface area (Å²) in [5.41, 5.74) is 6.25. The lowest BCUT2D eigenvalue weighted by molar-refractivity contribution is 0.0741. The molecule has 5 heteroatoms. The number of nitrogen functional groups attached to an aromatic ring is 1. The van der Waals surface area contributed by atoms with E-state index >= 15 is 0 Å². The van der Waals surface area contributed by atoms with Crippen LogP contribution in [-0.4, -0.2) is 41.0 Å². The van der Waals surface area contributed by atoms with Gasteiger partial charge in [0.2, 0.25) is 0 Å². The topological polar surface area (TPSA) is 66.6 Å². The average Bonchev–Trinajstić information content (AvgIpc) is 2.37. The zero-order chi connectivity index (χ0) is 13.7. The first-order valence-corrected chi connectivity index (χ1v) is 7.21. The van der Waals surface area contributed by atoms with E-state index in [1.165, 1.54) is 6.07 Å². The van der Waals surface area contributed by atoms with E-state index in [1.54, 1.807) is 35.8 Å². The van der Waals surface area contributed by atoms with Crippen LogP contribution in [0.5, 0.6) is 5.75 Å². The lowest BCUT2D eigenvalue weighted by Crippen LogP contribution is -2.35.